The van der Waals surface area contributed by atoms with E-state index < -0.39 is 15.8 Å². The van der Waals surface area contributed by atoms with Crippen molar-refractivity contribution in [3.8, 4) is 0 Å². The summed E-state index contributed by atoms with van der Waals surface area (Å²) < 4.78 is 22.8. The maximum atomic E-state index is 11.4. The van der Waals surface area contributed by atoms with Gasteiger partial charge in [0, 0.05) is 21.6 Å². The van der Waals surface area contributed by atoms with Gasteiger partial charge in [-0.1, -0.05) is 29.8 Å². The van der Waals surface area contributed by atoms with E-state index in [4.69, 9.17) is 16.7 Å². The Kier molecular flexibility index (Phi) is 2.81. The van der Waals surface area contributed by atoms with Gasteiger partial charge in [0.1, 0.15) is 0 Å². The standard InChI is InChI=1S/C11H7ClO4S/c12-10-4-2-1-3-7(10)8-5-17(15,16)6-9(8)11(13)14/h1-6H,(H,13,14). The van der Waals surface area contributed by atoms with Crippen LogP contribution in [0, 0.1) is 0 Å². The molecule has 0 bridgehead atoms. The SMILES string of the molecule is O=C(O)C1=CS(=O)(=O)C=C1c1ccccc1Cl. The molecule has 0 aliphatic carbocycles. The number of carbonyl (C=O) groups is 1. The third-order valence-electron chi connectivity index (χ3n) is 2.25. The van der Waals surface area contributed by atoms with Crippen LogP contribution < -0.4 is 0 Å². The zero-order valence-corrected chi connectivity index (χ0v) is 9.99. The van der Waals surface area contributed by atoms with Crippen LogP contribution >= 0.6 is 11.6 Å². The van der Waals surface area contributed by atoms with E-state index in [1.807, 2.05) is 0 Å². The van der Waals surface area contributed by atoms with Crippen molar-refractivity contribution in [1.29, 1.82) is 0 Å². The summed E-state index contributed by atoms with van der Waals surface area (Å²) in [5, 5.41) is 10.9. The smallest absolute Gasteiger partial charge is 0.337 e. The Bertz CT molecular complexity index is 656. The van der Waals surface area contributed by atoms with Gasteiger partial charge in [-0.2, -0.15) is 0 Å². The van der Waals surface area contributed by atoms with Gasteiger partial charge in [-0.15, -0.1) is 0 Å². The van der Waals surface area contributed by atoms with E-state index in [1.165, 1.54) is 0 Å². The molecule has 0 unspecified atom stereocenters. The van der Waals surface area contributed by atoms with Crippen LogP contribution in [-0.4, -0.2) is 19.5 Å². The molecular formula is C11H7ClO4S. The summed E-state index contributed by atoms with van der Waals surface area (Å²) in [6, 6.07) is 6.49. The van der Waals surface area contributed by atoms with Crippen LogP contribution in [-0.2, 0) is 14.6 Å². The molecule has 1 aliphatic heterocycles. The van der Waals surface area contributed by atoms with Crippen molar-refractivity contribution in [2.45, 2.75) is 0 Å². The molecule has 2 rings (SSSR count). The summed E-state index contributed by atoms with van der Waals surface area (Å²) in [6.07, 6.45) is 0. The number of hydrogen-bond acceptors (Lipinski definition) is 3. The predicted molar refractivity (Wildman–Crippen MR) is 64.1 cm³/mol. The molecule has 0 aromatic heterocycles. The average Bonchev–Trinajstić information content (AvgIpc) is 2.55. The molecular weight excluding hydrogens is 264 g/mol. The van der Waals surface area contributed by atoms with Gasteiger partial charge in [-0.25, -0.2) is 13.2 Å². The number of hydrogen-bond donors (Lipinski definition) is 1. The summed E-state index contributed by atoms with van der Waals surface area (Å²) in [4.78, 5) is 11.0. The van der Waals surface area contributed by atoms with Crippen molar-refractivity contribution in [2.24, 2.45) is 0 Å². The fourth-order valence-corrected chi connectivity index (χ4v) is 2.99. The minimum atomic E-state index is -3.62. The van der Waals surface area contributed by atoms with Crippen molar-refractivity contribution in [1.82, 2.24) is 0 Å². The Morgan fingerprint density at radius 3 is 2.41 bits per heavy atom. The van der Waals surface area contributed by atoms with Crippen LogP contribution in [0.4, 0.5) is 0 Å². The summed E-state index contributed by atoms with van der Waals surface area (Å²) in [6.45, 7) is 0. The molecule has 4 nitrogen and oxygen atoms in total. The molecule has 1 N–H and O–H groups in total. The van der Waals surface area contributed by atoms with Gasteiger partial charge in [0.25, 0.3) is 0 Å². The highest BCUT2D eigenvalue weighted by atomic mass is 35.5. The second-order valence-corrected chi connectivity index (χ2v) is 5.49. The van der Waals surface area contributed by atoms with Crippen LogP contribution in [0.15, 0.2) is 40.7 Å². The lowest BCUT2D eigenvalue weighted by molar-refractivity contribution is -0.132. The number of halogens is 1. The largest absolute Gasteiger partial charge is 0.478 e. The van der Waals surface area contributed by atoms with E-state index in [0.29, 0.717) is 10.6 Å². The fraction of sp³-hybridized carbons (Fsp3) is 0. The third kappa shape index (κ3) is 2.25. The van der Waals surface area contributed by atoms with Gasteiger partial charge >= 0.3 is 5.97 Å². The van der Waals surface area contributed by atoms with E-state index in [9.17, 15) is 13.2 Å². The highest BCUT2D eigenvalue weighted by Gasteiger charge is 2.27. The molecule has 0 radical (unpaired) electrons. The normalized spacial score (nSPS) is 17.5. The first kappa shape index (κ1) is 11.9. The quantitative estimate of drug-likeness (QED) is 0.893. The summed E-state index contributed by atoms with van der Waals surface area (Å²) in [5.41, 5.74) is 0.241. The molecule has 0 spiro atoms. The molecule has 0 atom stereocenters. The maximum absolute atomic E-state index is 11.4. The van der Waals surface area contributed by atoms with Gasteiger partial charge in [0.15, 0.2) is 9.84 Å². The van der Waals surface area contributed by atoms with Crippen LogP contribution in [0.2, 0.25) is 5.02 Å². The van der Waals surface area contributed by atoms with Gasteiger partial charge in [-0.05, 0) is 6.07 Å². The highest BCUT2D eigenvalue weighted by molar-refractivity contribution is 7.97. The first-order valence-corrected chi connectivity index (χ1v) is 6.56. The molecule has 1 aromatic rings. The average molecular weight is 271 g/mol. The fourth-order valence-electron chi connectivity index (χ4n) is 1.54. The number of rotatable bonds is 2. The molecule has 1 aromatic carbocycles. The second-order valence-electron chi connectivity index (χ2n) is 3.44. The number of carboxylic acid groups (broad SMARTS) is 1. The number of carboxylic acids is 1. The van der Waals surface area contributed by atoms with E-state index >= 15 is 0 Å². The number of aliphatic carboxylic acids is 1. The van der Waals surface area contributed by atoms with Gasteiger partial charge in [-0.3, -0.25) is 0 Å². The molecule has 6 heteroatoms. The van der Waals surface area contributed by atoms with Crippen LogP contribution in [0.25, 0.3) is 5.57 Å². The Labute approximate surface area is 103 Å². The van der Waals surface area contributed by atoms with Crippen molar-refractivity contribution in [3.05, 3.63) is 51.2 Å². The van der Waals surface area contributed by atoms with E-state index in [2.05, 4.69) is 0 Å². The van der Waals surface area contributed by atoms with E-state index in [-0.39, 0.29) is 11.1 Å². The van der Waals surface area contributed by atoms with Crippen LogP contribution in [0.1, 0.15) is 5.56 Å². The molecule has 0 saturated carbocycles. The number of benzene rings is 1. The Hall–Kier alpha value is -1.59. The zero-order chi connectivity index (χ0) is 12.6. The molecule has 1 aliphatic rings. The maximum Gasteiger partial charge on any atom is 0.337 e. The minimum Gasteiger partial charge on any atom is -0.478 e. The first-order valence-electron chi connectivity index (χ1n) is 4.58. The summed E-state index contributed by atoms with van der Waals surface area (Å²) in [5.74, 6) is -1.29. The van der Waals surface area contributed by atoms with Gasteiger partial charge in [0.2, 0.25) is 0 Å². The molecule has 88 valence electrons. The van der Waals surface area contributed by atoms with Crippen molar-refractivity contribution in [3.63, 3.8) is 0 Å². The van der Waals surface area contributed by atoms with Crippen molar-refractivity contribution < 1.29 is 18.3 Å². The van der Waals surface area contributed by atoms with Crippen molar-refractivity contribution >= 4 is 33.0 Å². The van der Waals surface area contributed by atoms with Crippen LogP contribution in [0.3, 0.4) is 0 Å². The van der Waals surface area contributed by atoms with E-state index in [1.54, 1.807) is 24.3 Å². The lowest BCUT2D eigenvalue weighted by atomic mass is 10.0. The zero-order valence-electron chi connectivity index (χ0n) is 8.42. The first-order chi connectivity index (χ1) is 7.91. The van der Waals surface area contributed by atoms with E-state index in [0.717, 1.165) is 10.8 Å². The molecule has 17 heavy (non-hydrogen) atoms. The Morgan fingerprint density at radius 2 is 1.82 bits per heavy atom. The lowest BCUT2D eigenvalue weighted by Gasteiger charge is -2.05. The van der Waals surface area contributed by atoms with Gasteiger partial charge in [0.05, 0.1) is 11.0 Å². The molecule has 0 saturated heterocycles. The summed E-state index contributed by atoms with van der Waals surface area (Å²) >= 11 is 5.91. The van der Waals surface area contributed by atoms with Crippen LogP contribution in [0.5, 0.6) is 0 Å². The second kappa shape index (κ2) is 4.01. The molecule has 1 heterocycles. The minimum absolute atomic E-state index is 0.114. The monoisotopic (exact) mass is 270 g/mol. The van der Waals surface area contributed by atoms with Gasteiger partial charge < -0.3 is 5.11 Å². The predicted octanol–water partition coefficient (Wildman–Crippen LogP) is 2.08. The number of sulfone groups is 1. The molecule has 0 fully saturated rings. The highest BCUT2D eigenvalue weighted by Crippen LogP contribution is 2.34. The molecule has 0 amide bonds. The van der Waals surface area contributed by atoms with Crippen molar-refractivity contribution in [2.75, 3.05) is 0 Å². The Balaban J connectivity index is 2.65. The Morgan fingerprint density at radius 1 is 1.18 bits per heavy atom. The topological polar surface area (TPSA) is 71.4 Å². The lowest BCUT2D eigenvalue weighted by Crippen LogP contribution is -2.01. The third-order valence-corrected chi connectivity index (χ3v) is 3.71. The summed E-state index contributed by atoms with van der Waals surface area (Å²) in [7, 11) is -3.62.